The van der Waals surface area contributed by atoms with Gasteiger partial charge in [0.15, 0.2) is 0 Å². The van der Waals surface area contributed by atoms with E-state index >= 15 is 0 Å². The van der Waals surface area contributed by atoms with E-state index in [-0.39, 0.29) is 16.7 Å². The molecule has 1 amide bonds. The second kappa shape index (κ2) is 8.81. The molecule has 1 N–H and O–H groups in total. The van der Waals surface area contributed by atoms with Crippen molar-refractivity contribution in [3.05, 3.63) is 47.1 Å². The molecule has 1 aliphatic carbocycles. The second-order valence-corrected chi connectivity index (χ2v) is 12.3. The monoisotopic (exact) mass is 452 g/mol. The van der Waals surface area contributed by atoms with Crippen molar-refractivity contribution in [1.29, 1.82) is 0 Å². The summed E-state index contributed by atoms with van der Waals surface area (Å²) in [5.41, 5.74) is 1.76. The first-order valence-electron chi connectivity index (χ1n) is 10.3. The van der Waals surface area contributed by atoms with Gasteiger partial charge in [-0.1, -0.05) is 32.0 Å². The number of benzene rings is 1. The van der Waals surface area contributed by atoms with E-state index in [1.165, 1.54) is 9.71 Å². The zero-order chi connectivity index (χ0) is 21.3. The molecule has 30 heavy (non-hydrogen) atoms. The lowest BCUT2D eigenvalue weighted by molar-refractivity contribution is 0.0925. The maximum atomic E-state index is 12.8. The molecule has 3 aromatic rings. The lowest BCUT2D eigenvalue weighted by Gasteiger charge is -2.28. The van der Waals surface area contributed by atoms with E-state index in [2.05, 4.69) is 59.5 Å². The van der Waals surface area contributed by atoms with Gasteiger partial charge >= 0.3 is 0 Å². The molecule has 155 valence electrons. The lowest BCUT2D eigenvalue weighted by atomic mass is 9.86. The number of hydrogen-bond donors (Lipinski definition) is 1. The summed E-state index contributed by atoms with van der Waals surface area (Å²) < 4.78 is 1.31. The number of amides is 1. The summed E-state index contributed by atoms with van der Waals surface area (Å²) in [6, 6.07) is 10.2. The highest BCUT2D eigenvalue weighted by molar-refractivity contribution is 8.00. The van der Waals surface area contributed by atoms with E-state index in [4.69, 9.17) is 4.98 Å². The van der Waals surface area contributed by atoms with E-state index < -0.39 is 0 Å². The zero-order valence-electron chi connectivity index (χ0n) is 17.6. The van der Waals surface area contributed by atoms with Gasteiger partial charge in [0.05, 0.1) is 30.5 Å². The van der Waals surface area contributed by atoms with Crippen molar-refractivity contribution in [3.63, 3.8) is 0 Å². The fraction of sp³-hybridized carbons (Fsp3) is 0.435. The molecule has 0 spiro atoms. The third kappa shape index (κ3) is 5.31. The molecule has 2 aromatic heterocycles. The van der Waals surface area contributed by atoms with Crippen molar-refractivity contribution in [2.45, 2.75) is 68.2 Å². The summed E-state index contributed by atoms with van der Waals surface area (Å²) in [7, 11) is 3.58. The van der Waals surface area contributed by atoms with Crippen LogP contribution < -0.4 is 10.5 Å². The molecule has 4 nitrogen and oxygen atoms in total. The number of rotatable bonds is 4. The minimum absolute atomic E-state index is 0.00115. The van der Waals surface area contributed by atoms with Crippen molar-refractivity contribution in [2.75, 3.05) is 0 Å². The van der Waals surface area contributed by atoms with Crippen LogP contribution >= 0.6 is 23.1 Å². The Bertz CT molecular complexity index is 1050. The predicted molar refractivity (Wildman–Crippen MR) is 127 cm³/mol. The topological polar surface area (TPSA) is 54.9 Å². The highest BCUT2D eigenvalue weighted by Crippen LogP contribution is 2.37. The molecule has 0 aliphatic heterocycles. The van der Waals surface area contributed by atoms with Gasteiger partial charge < -0.3 is 5.32 Å². The Labute approximate surface area is 189 Å². The Morgan fingerprint density at radius 2 is 1.93 bits per heavy atom. The van der Waals surface area contributed by atoms with Gasteiger partial charge in [-0.15, -0.1) is 23.1 Å². The number of pyridine rings is 1. The van der Waals surface area contributed by atoms with Crippen LogP contribution in [0.4, 0.5) is 0 Å². The minimum Gasteiger partial charge on any atom is -0.349 e. The van der Waals surface area contributed by atoms with E-state index in [0.29, 0.717) is 11.5 Å². The van der Waals surface area contributed by atoms with Crippen molar-refractivity contribution in [1.82, 2.24) is 15.3 Å². The third-order valence-electron chi connectivity index (χ3n) is 5.22. The fourth-order valence-electron chi connectivity index (χ4n) is 3.79. The lowest BCUT2D eigenvalue weighted by Crippen LogP contribution is -2.37. The standard InChI is InChI=1S/C23H26N3OS2Si/c1-23(2,3)29-20-12-15(10-11-24-20)21(27)25-16-6-4-14(5-7-16)22-26-18-13-17(30)8-9-19(18)28-22/h8-14,16H,4-7H2,1-3H3,(H,25,27). The Balaban J connectivity index is 1.35. The average Bonchev–Trinajstić information content (AvgIpc) is 3.10. The van der Waals surface area contributed by atoms with Crippen LogP contribution in [0.5, 0.6) is 0 Å². The van der Waals surface area contributed by atoms with Crippen LogP contribution in [0.3, 0.4) is 0 Å². The van der Waals surface area contributed by atoms with Gasteiger partial charge in [-0.05, 0) is 49.9 Å². The number of carbonyl (C=O) groups is 1. The van der Waals surface area contributed by atoms with Crippen LogP contribution in [0.2, 0.25) is 0 Å². The average molecular weight is 453 g/mol. The SMILES string of the molecule is CC(C)(C)Sc1cc(C(=O)NC2CCC(c3nc4cc([Si])ccc4s3)CC2)ccn1. The fourth-order valence-corrected chi connectivity index (χ4v) is 6.06. The highest BCUT2D eigenvalue weighted by Gasteiger charge is 2.26. The summed E-state index contributed by atoms with van der Waals surface area (Å²) in [6.45, 7) is 6.44. The maximum Gasteiger partial charge on any atom is 0.251 e. The molecule has 1 aromatic carbocycles. The van der Waals surface area contributed by atoms with Crippen LogP contribution in [0.1, 0.15) is 67.7 Å². The highest BCUT2D eigenvalue weighted by atomic mass is 32.2. The first-order valence-corrected chi connectivity index (χ1v) is 12.5. The van der Waals surface area contributed by atoms with Gasteiger partial charge in [0.25, 0.3) is 5.91 Å². The molecule has 0 bridgehead atoms. The number of carbonyl (C=O) groups excluding carboxylic acids is 1. The number of aromatic nitrogens is 2. The number of fused-ring (bicyclic) bond motifs is 1. The normalized spacial score (nSPS) is 19.7. The predicted octanol–water partition coefficient (Wildman–Crippen LogP) is 4.83. The van der Waals surface area contributed by atoms with Gasteiger partial charge in [0.1, 0.15) is 0 Å². The molecule has 1 fully saturated rings. The Kier molecular flexibility index (Phi) is 6.32. The summed E-state index contributed by atoms with van der Waals surface area (Å²) in [5.74, 6) is 0.491. The molecule has 3 radical (unpaired) electrons. The number of thiazole rings is 1. The number of nitrogens with one attached hydrogen (secondary N) is 1. The van der Waals surface area contributed by atoms with Gasteiger partial charge in [-0.25, -0.2) is 9.97 Å². The Hall–Kier alpha value is -1.70. The van der Waals surface area contributed by atoms with E-state index in [1.807, 2.05) is 6.07 Å². The van der Waals surface area contributed by atoms with E-state index in [0.717, 1.165) is 41.4 Å². The largest absolute Gasteiger partial charge is 0.349 e. The minimum atomic E-state index is 0.00115. The molecular formula is C23H26N3OS2Si. The second-order valence-electron chi connectivity index (χ2n) is 8.85. The molecule has 0 unspecified atom stereocenters. The Morgan fingerprint density at radius 3 is 2.67 bits per heavy atom. The van der Waals surface area contributed by atoms with Crippen LogP contribution in [0.15, 0.2) is 41.6 Å². The first-order chi connectivity index (χ1) is 14.3. The molecule has 0 saturated heterocycles. The first kappa shape index (κ1) is 21.5. The summed E-state index contributed by atoms with van der Waals surface area (Å²) in [6.07, 6.45) is 5.83. The van der Waals surface area contributed by atoms with Crippen molar-refractivity contribution < 1.29 is 4.79 Å². The van der Waals surface area contributed by atoms with Crippen molar-refractivity contribution >= 4 is 54.7 Å². The van der Waals surface area contributed by atoms with Gasteiger partial charge in [-0.3, -0.25) is 4.79 Å². The zero-order valence-corrected chi connectivity index (χ0v) is 20.2. The van der Waals surface area contributed by atoms with Crippen LogP contribution in [-0.2, 0) is 0 Å². The Morgan fingerprint density at radius 1 is 1.17 bits per heavy atom. The number of hydrogen-bond acceptors (Lipinski definition) is 5. The smallest absolute Gasteiger partial charge is 0.251 e. The molecular weight excluding hydrogens is 426 g/mol. The van der Waals surface area contributed by atoms with Gasteiger partial charge in [0.2, 0.25) is 0 Å². The van der Waals surface area contributed by atoms with E-state index in [1.54, 1.807) is 35.4 Å². The summed E-state index contributed by atoms with van der Waals surface area (Å²) >= 11 is 3.48. The van der Waals surface area contributed by atoms with E-state index in [9.17, 15) is 4.79 Å². The molecule has 4 rings (SSSR count). The third-order valence-corrected chi connectivity index (χ3v) is 7.78. The van der Waals surface area contributed by atoms with Gasteiger partial charge in [0, 0.05) is 28.5 Å². The van der Waals surface area contributed by atoms with Crippen molar-refractivity contribution in [2.24, 2.45) is 0 Å². The van der Waals surface area contributed by atoms with Gasteiger partial charge in [-0.2, -0.15) is 0 Å². The quantitative estimate of drug-likeness (QED) is 0.455. The van der Waals surface area contributed by atoms with Crippen LogP contribution in [0.25, 0.3) is 10.2 Å². The molecule has 1 saturated carbocycles. The number of thioether (sulfide) groups is 1. The summed E-state index contributed by atoms with van der Waals surface area (Å²) in [4.78, 5) is 22.0. The molecule has 2 heterocycles. The summed E-state index contributed by atoms with van der Waals surface area (Å²) in [5, 5.41) is 6.41. The molecule has 1 aliphatic rings. The maximum absolute atomic E-state index is 12.8. The van der Waals surface area contributed by atoms with Crippen LogP contribution in [0, 0.1) is 0 Å². The van der Waals surface area contributed by atoms with Crippen LogP contribution in [-0.4, -0.2) is 36.9 Å². The van der Waals surface area contributed by atoms with Crippen molar-refractivity contribution in [3.8, 4) is 0 Å². The molecule has 7 heteroatoms. The molecule has 0 atom stereocenters. The number of nitrogens with zero attached hydrogens (tertiary/aromatic N) is 2.